The van der Waals surface area contributed by atoms with Crippen molar-refractivity contribution in [1.82, 2.24) is 4.98 Å². The van der Waals surface area contributed by atoms with Crippen LogP contribution in [-0.4, -0.2) is 16.1 Å². The zero-order valence-corrected chi connectivity index (χ0v) is 16.7. The maximum atomic E-state index is 13.6. The number of carbonyl (C=O) groups is 1. The lowest BCUT2D eigenvalue weighted by Gasteiger charge is -2.16. The van der Waals surface area contributed by atoms with E-state index in [1.807, 2.05) is 0 Å². The molecule has 0 radical (unpaired) electrons. The van der Waals surface area contributed by atoms with E-state index in [9.17, 15) is 23.2 Å². The molecule has 0 aliphatic heterocycles. The number of nitrogens with one attached hydrogen (secondary N) is 1. The van der Waals surface area contributed by atoms with E-state index in [0.29, 0.717) is 10.6 Å². The molecule has 0 saturated heterocycles. The Hall–Kier alpha value is -2.83. The molecule has 29 heavy (non-hydrogen) atoms. The smallest absolute Gasteiger partial charge is 0.325 e. The molecule has 1 amide bonds. The molecular formula is C20H14F3N3OS2. The molecule has 0 aliphatic rings. The zero-order valence-electron chi connectivity index (χ0n) is 15.0. The molecule has 1 N–H and O–H groups in total. The van der Waals surface area contributed by atoms with E-state index in [1.54, 1.807) is 60.8 Å². The van der Waals surface area contributed by atoms with E-state index in [0.717, 1.165) is 17.8 Å². The molecule has 3 aromatic rings. The molecule has 4 nitrogen and oxygen atoms in total. The summed E-state index contributed by atoms with van der Waals surface area (Å²) in [7, 11) is 0. The Morgan fingerprint density at radius 1 is 1.24 bits per heavy atom. The molecule has 0 aliphatic carbocycles. The SMILES string of the molecule is CC(Sc1nc(-c2cccs2)cc(C(F)(F)F)c1C#N)C(=O)Nc1ccccc1. The first-order valence-corrected chi connectivity index (χ1v) is 10.1. The van der Waals surface area contributed by atoms with E-state index in [4.69, 9.17) is 0 Å². The number of amides is 1. The van der Waals surface area contributed by atoms with E-state index < -0.39 is 28.5 Å². The molecule has 148 valence electrons. The topological polar surface area (TPSA) is 65.8 Å². The number of benzene rings is 1. The van der Waals surface area contributed by atoms with Gasteiger partial charge in [0.05, 0.1) is 26.9 Å². The highest BCUT2D eigenvalue weighted by Crippen LogP contribution is 2.39. The Morgan fingerprint density at radius 2 is 1.97 bits per heavy atom. The van der Waals surface area contributed by atoms with Gasteiger partial charge in [0.2, 0.25) is 5.91 Å². The number of aromatic nitrogens is 1. The van der Waals surface area contributed by atoms with Crippen LogP contribution in [0.15, 0.2) is 58.9 Å². The number of rotatable bonds is 5. The predicted octanol–water partition coefficient (Wildman–Crippen LogP) is 5.82. The standard InChI is InChI=1S/C20H14F3N3OS2/c1-12(18(27)25-13-6-3-2-4-7-13)29-19-14(11-24)15(20(21,22)23)10-16(26-19)17-8-5-9-28-17/h2-10,12H,1H3,(H,25,27). The third-order valence-corrected chi connectivity index (χ3v) is 5.85. The maximum Gasteiger partial charge on any atom is 0.417 e. The summed E-state index contributed by atoms with van der Waals surface area (Å²) < 4.78 is 40.7. The van der Waals surface area contributed by atoms with Gasteiger partial charge in [-0.25, -0.2) is 4.98 Å². The third-order valence-electron chi connectivity index (χ3n) is 3.88. The van der Waals surface area contributed by atoms with Crippen LogP contribution in [0.5, 0.6) is 0 Å². The fourth-order valence-corrected chi connectivity index (χ4v) is 4.09. The highest BCUT2D eigenvalue weighted by Gasteiger charge is 2.36. The molecule has 1 atom stereocenters. The minimum Gasteiger partial charge on any atom is -0.325 e. The molecule has 0 fully saturated rings. The van der Waals surface area contributed by atoms with Gasteiger partial charge in [0, 0.05) is 5.69 Å². The first-order valence-electron chi connectivity index (χ1n) is 8.38. The van der Waals surface area contributed by atoms with Crippen LogP contribution in [0.1, 0.15) is 18.1 Å². The Kier molecular flexibility index (Phi) is 6.25. The minimum absolute atomic E-state index is 0.115. The van der Waals surface area contributed by atoms with Crippen molar-refractivity contribution in [3.63, 3.8) is 0 Å². The molecule has 1 unspecified atom stereocenters. The number of carbonyl (C=O) groups excluding carboxylic acids is 1. The minimum atomic E-state index is -4.72. The number of halogens is 3. The first kappa shape index (κ1) is 20.9. The van der Waals surface area contributed by atoms with Crippen molar-refractivity contribution >= 4 is 34.7 Å². The second kappa shape index (κ2) is 8.68. The molecule has 1 aromatic carbocycles. The molecule has 3 rings (SSSR count). The van der Waals surface area contributed by atoms with E-state index in [-0.39, 0.29) is 10.7 Å². The van der Waals surface area contributed by atoms with E-state index in [2.05, 4.69) is 10.3 Å². The lowest BCUT2D eigenvalue weighted by molar-refractivity contribution is -0.138. The first-order chi connectivity index (χ1) is 13.8. The summed E-state index contributed by atoms with van der Waals surface area (Å²) in [5.74, 6) is -0.401. The molecule has 0 spiro atoms. The van der Waals surface area contributed by atoms with Crippen LogP contribution in [0.25, 0.3) is 10.6 Å². The van der Waals surface area contributed by atoms with Crippen LogP contribution < -0.4 is 5.32 Å². The van der Waals surface area contributed by atoms with Crippen LogP contribution in [0, 0.1) is 11.3 Å². The monoisotopic (exact) mass is 433 g/mol. The molecule has 2 aromatic heterocycles. The van der Waals surface area contributed by atoms with Crippen LogP contribution >= 0.6 is 23.1 Å². The van der Waals surface area contributed by atoms with Crippen molar-refractivity contribution in [3.8, 4) is 16.6 Å². The number of nitriles is 1. The van der Waals surface area contributed by atoms with Crippen molar-refractivity contribution < 1.29 is 18.0 Å². The van der Waals surface area contributed by atoms with Gasteiger partial charge in [0.25, 0.3) is 0 Å². The Morgan fingerprint density at radius 3 is 2.55 bits per heavy atom. The molecule has 2 heterocycles. The van der Waals surface area contributed by atoms with Crippen molar-refractivity contribution in [2.24, 2.45) is 0 Å². The number of thioether (sulfide) groups is 1. The average molecular weight is 433 g/mol. The summed E-state index contributed by atoms with van der Waals surface area (Å²) in [5, 5.41) is 12.9. The van der Waals surface area contributed by atoms with Gasteiger partial charge < -0.3 is 5.32 Å². The van der Waals surface area contributed by atoms with Crippen molar-refractivity contribution in [2.45, 2.75) is 23.4 Å². The summed E-state index contributed by atoms with van der Waals surface area (Å²) in [4.78, 5) is 17.3. The lowest BCUT2D eigenvalue weighted by atomic mass is 10.1. The van der Waals surface area contributed by atoms with Gasteiger partial charge in [0.15, 0.2) is 0 Å². The van der Waals surface area contributed by atoms with Gasteiger partial charge in [-0.2, -0.15) is 18.4 Å². The Labute approximate surface area is 173 Å². The highest BCUT2D eigenvalue weighted by molar-refractivity contribution is 8.00. The molecule has 0 saturated carbocycles. The number of thiophene rings is 1. The fraction of sp³-hybridized carbons (Fsp3) is 0.150. The summed E-state index contributed by atoms with van der Waals surface area (Å²) in [5.41, 5.74) is -0.954. The summed E-state index contributed by atoms with van der Waals surface area (Å²) in [6, 6.07) is 14.5. The number of hydrogen-bond donors (Lipinski definition) is 1. The number of anilines is 1. The van der Waals surface area contributed by atoms with Crippen molar-refractivity contribution in [1.29, 1.82) is 5.26 Å². The lowest BCUT2D eigenvalue weighted by Crippen LogP contribution is -2.23. The molecule has 0 bridgehead atoms. The fourth-order valence-electron chi connectivity index (χ4n) is 2.48. The number of nitrogens with zero attached hydrogens (tertiary/aromatic N) is 2. The quantitative estimate of drug-likeness (QED) is 0.515. The van der Waals surface area contributed by atoms with Gasteiger partial charge >= 0.3 is 6.18 Å². The number of alkyl halides is 3. The predicted molar refractivity (Wildman–Crippen MR) is 108 cm³/mol. The Bertz CT molecular complexity index is 1050. The highest BCUT2D eigenvalue weighted by atomic mass is 32.2. The third kappa shape index (κ3) is 4.96. The molecule has 9 heteroatoms. The van der Waals surface area contributed by atoms with Crippen LogP contribution in [0.2, 0.25) is 0 Å². The van der Waals surface area contributed by atoms with Crippen LogP contribution in [0.3, 0.4) is 0 Å². The second-order valence-electron chi connectivity index (χ2n) is 5.94. The number of pyridine rings is 1. The normalized spacial score (nSPS) is 12.2. The van der Waals surface area contributed by atoms with Crippen molar-refractivity contribution in [3.05, 3.63) is 65.0 Å². The summed E-state index contributed by atoms with van der Waals surface area (Å²) >= 11 is 2.07. The van der Waals surface area contributed by atoms with Gasteiger partial charge in [-0.15, -0.1) is 11.3 Å². The summed E-state index contributed by atoms with van der Waals surface area (Å²) in [6.45, 7) is 1.55. The van der Waals surface area contributed by atoms with Gasteiger partial charge in [-0.05, 0) is 36.6 Å². The Balaban J connectivity index is 1.96. The number of hydrogen-bond acceptors (Lipinski definition) is 5. The number of para-hydroxylation sites is 1. The largest absolute Gasteiger partial charge is 0.417 e. The van der Waals surface area contributed by atoms with Crippen LogP contribution in [0.4, 0.5) is 18.9 Å². The van der Waals surface area contributed by atoms with Gasteiger partial charge in [0.1, 0.15) is 11.1 Å². The second-order valence-corrected chi connectivity index (χ2v) is 8.21. The van der Waals surface area contributed by atoms with Gasteiger partial charge in [-0.1, -0.05) is 36.0 Å². The van der Waals surface area contributed by atoms with Crippen molar-refractivity contribution in [2.75, 3.05) is 5.32 Å². The average Bonchev–Trinajstić information content (AvgIpc) is 3.22. The van der Waals surface area contributed by atoms with E-state index >= 15 is 0 Å². The maximum absolute atomic E-state index is 13.6. The molecular weight excluding hydrogens is 419 g/mol. The summed E-state index contributed by atoms with van der Waals surface area (Å²) in [6.07, 6.45) is -4.72. The zero-order chi connectivity index (χ0) is 21.0. The van der Waals surface area contributed by atoms with E-state index in [1.165, 1.54) is 11.3 Å². The van der Waals surface area contributed by atoms with Crippen LogP contribution in [-0.2, 0) is 11.0 Å². The van der Waals surface area contributed by atoms with Gasteiger partial charge in [-0.3, -0.25) is 4.79 Å².